The third kappa shape index (κ3) is 14.5. The Hall–Kier alpha value is -1.70. The van der Waals surface area contributed by atoms with Crippen LogP contribution in [0.5, 0.6) is 0 Å². The molecule has 1 aromatic carbocycles. The Bertz CT molecular complexity index is 733. The van der Waals surface area contributed by atoms with E-state index in [2.05, 4.69) is 55.0 Å². The first-order chi connectivity index (χ1) is 17.2. The largest absolute Gasteiger partial charge is 0.236 e. The fourth-order valence-corrected chi connectivity index (χ4v) is 4.86. The fraction of sp³-hybridized carbons (Fsp3) is 0.697. The van der Waals surface area contributed by atoms with Gasteiger partial charge in [-0.25, -0.2) is 9.97 Å². The van der Waals surface area contributed by atoms with Gasteiger partial charge < -0.3 is 0 Å². The Morgan fingerprint density at radius 3 is 1.51 bits per heavy atom. The van der Waals surface area contributed by atoms with E-state index in [0.29, 0.717) is 0 Å². The van der Waals surface area contributed by atoms with Crippen LogP contribution in [0.15, 0.2) is 36.7 Å². The van der Waals surface area contributed by atoms with Crippen LogP contribution in [0.4, 0.5) is 0 Å². The lowest BCUT2D eigenvalue weighted by molar-refractivity contribution is 0.511. The lowest BCUT2D eigenvalue weighted by atomic mass is 10.0. The van der Waals surface area contributed by atoms with Gasteiger partial charge in [0.05, 0.1) is 0 Å². The SMILES string of the molecule is CCCCCCCCCCCCc1ccc(-c2ncc(CCCCCCCCC(C)C)cn2)cc1. The summed E-state index contributed by atoms with van der Waals surface area (Å²) >= 11 is 0. The molecule has 2 aromatic rings. The summed E-state index contributed by atoms with van der Waals surface area (Å²) in [7, 11) is 0. The molecule has 0 radical (unpaired) electrons. The minimum absolute atomic E-state index is 0.851. The highest BCUT2D eigenvalue weighted by Gasteiger charge is 2.03. The number of nitrogens with zero attached hydrogens (tertiary/aromatic N) is 2. The molecule has 2 rings (SSSR count). The molecule has 0 aliphatic heterocycles. The van der Waals surface area contributed by atoms with Crippen LogP contribution in [0.25, 0.3) is 11.4 Å². The quantitative estimate of drug-likeness (QED) is 0.167. The Morgan fingerprint density at radius 1 is 0.543 bits per heavy atom. The van der Waals surface area contributed by atoms with Gasteiger partial charge in [0, 0.05) is 18.0 Å². The van der Waals surface area contributed by atoms with Crippen molar-refractivity contribution in [1.29, 1.82) is 0 Å². The van der Waals surface area contributed by atoms with Crippen LogP contribution in [-0.4, -0.2) is 9.97 Å². The first-order valence-electron chi connectivity index (χ1n) is 15.1. The number of benzene rings is 1. The molecule has 0 atom stereocenters. The zero-order valence-corrected chi connectivity index (χ0v) is 23.4. The van der Waals surface area contributed by atoms with Gasteiger partial charge in [0.2, 0.25) is 0 Å². The van der Waals surface area contributed by atoms with Crippen molar-refractivity contribution in [1.82, 2.24) is 9.97 Å². The van der Waals surface area contributed by atoms with E-state index in [1.807, 2.05) is 12.4 Å². The molecule has 2 nitrogen and oxygen atoms in total. The second-order valence-corrected chi connectivity index (χ2v) is 11.1. The van der Waals surface area contributed by atoms with Crippen LogP contribution in [0.3, 0.4) is 0 Å². The van der Waals surface area contributed by atoms with Crippen molar-refractivity contribution in [3.8, 4) is 11.4 Å². The summed E-state index contributed by atoms with van der Waals surface area (Å²) in [4.78, 5) is 9.30. The van der Waals surface area contributed by atoms with E-state index in [0.717, 1.165) is 23.7 Å². The minimum Gasteiger partial charge on any atom is -0.236 e. The number of rotatable bonds is 21. The van der Waals surface area contributed by atoms with E-state index in [1.165, 1.54) is 127 Å². The summed E-state index contributed by atoms with van der Waals surface area (Å²) in [5.74, 6) is 1.70. The second kappa shape index (κ2) is 19.5. The number of aryl methyl sites for hydroxylation is 2. The van der Waals surface area contributed by atoms with E-state index in [9.17, 15) is 0 Å². The lowest BCUT2D eigenvalue weighted by Crippen LogP contribution is -1.94. The van der Waals surface area contributed by atoms with Gasteiger partial charge in [0.1, 0.15) is 0 Å². The van der Waals surface area contributed by atoms with Gasteiger partial charge in [0.25, 0.3) is 0 Å². The third-order valence-corrected chi connectivity index (χ3v) is 7.23. The molecule has 0 aliphatic carbocycles. The van der Waals surface area contributed by atoms with Gasteiger partial charge in [-0.05, 0) is 42.7 Å². The normalized spacial score (nSPS) is 11.4. The molecular formula is C33H54N2. The molecular weight excluding hydrogens is 424 g/mol. The molecule has 0 N–H and O–H groups in total. The van der Waals surface area contributed by atoms with Gasteiger partial charge in [-0.1, -0.05) is 141 Å². The maximum Gasteiger partial charge on any atom is 0.159 e. The second-order valence-electron chi connectivity index (χ2n) is 11.1. The summed E-state index contributed by atoms with van der Waals surface area (Å²) in [5, 5.41) is 0. The molecule has 0 fully saturated rings. The molecule has 0 saturated heterocycles. The number of hydrogen-bond donors (Lipinski definition) is 0. The summed E-state index contributed by atoms with van der Waals surface area (Å²) < 4.78 is 0. The van der Waals surface area contributed by atoms with Crippen LogP contribution < -0.4 is 0 Å². The van der Waals surface area contributed by atoms with Crippen LogP contribution in [-0.2, 0) is 12.8 Å². The highest BCUT2D eigenvalue weighted by Crippen LogP contribution is 2.18. The molecule has 0 spiro atoms. The number of hydrogen-bond acceptors (Lipinski definition) is 2. The average molecular weight is 479 g/mol. The molecule has 0 bridgehead atoms. The van der Waals surface area contributed by atoms with Crippen molar-refractivity contribution in [3.63, 3.8) is 0 Å². The molecule has 0 unspecified atom stereocenters. The molecule has 0 amide bonds. The van der Waals surface area contributed by atoms with Crippen LogP contribution in [0.2, 0.25) is 0 Å². The van der Waals surface area contributed by atoms with Gasteiger partial charge in [-0.15, -0.1) is 0 Å². The van der Waals surface area contributed by atoms with Gasteiger partial charge >= 0.3 is 0 Å². The molecule has 1 aromatic heterocycles. The number of unbranched alkanes of at least 4 members (excludes halogenated alkanes) is 14. The summed E-state index contributed by atoms with van der Waals surface area (Å²) in [6.07, 6.45) is 29.8. The average Bonchev–Trinajstić information content (AvgIpc) is 2.87. The van der Waals surface area contributed by atoms with Gasteiger partial charge in [0.15, 0.2) is 5.82 Å². The van der Waals surface area contributed by atoms with Gasteiger partial charge in [-0.2, -0.15) is 0 Å². The van der Waals surface area contributed by atoms with Gasteiger partial charge in [-0.3, -0.25) is 0 Å². The van der Waals surface area contributed by atoms with Crippen molar-refractivity contribution >= 4 is 0 Å². The minimum atomic E-state index is 0.851. The Morgan fingerprint density at radius 2 is 1.00 bits per heavy atom. The van der Waals surface area contributed by atoms with E-state index in [4.69, 9.17) is 0 Å². The highest BCUT2D eigenvalue weighted by atomic mass is 14.9. The van der Waals surface area contributed by atoms with Crippen LogP contribution >= 0.6 is 0 Å². The van der Waals surface area contributed by atoms with E-state index < -0.39 is 0 Å². The predicted molar refractivity (Wildman–Crippen MR) is 154 cm³/mol. The molecule has 35 heavy (non-hydrogen) atoms. The molecule has 196 valence electrons. The molecule has 0 aliphatic rings. The summed E-state index contributed by atoms with van der Waals surface area (Å²) in [6.45, 7) is 6.93. The fourth-order valence-electron chi connectivity index (χ4n) is 4.86. The van der Waals surface area contributed by atoms with E-state index in [1.54, 1.807) is 0 Å². The smallest absolute Gasteiger partial charge is 0.159 e. The highest BCUT2D eigenvalue weighted by molar-refractivity contribution is 5.55. The van der Waals surface area contributed by atoms with Crippen molar-refractivity contribution in [3.05, 3.63) is 47.8 Å². The zero-order valence-electron chi connectivity index (χ0n) is 23.4. The topological polar surface area (TPSA) is 25.8 Å². The molecule has 0 saturated carbocycles. The molecule has 1 heterocycles. The standard InChI is InChI=1S/C33H54N2/c1-4-5-6-7-8-9-10-11-15-18-21-30-23-25-32(26-24-30)33-34-27-31(28-35-33)22-19-16-13-12-14-17-20-29(2)3/h23-29H,4-22H2,1-3H3. The van der Waals surface area contributed by atoms with Crippen molar-refractivity contribution < 1.29 is 0 Å². The van der Waals surface area contributed by atoms with Crippen molar-refractivity contribution in [2.75, 3.05) is 0 Å². The third-order valence-electron chi connectivity index (χ3n) is 7.23. The molecule has 2 heteroatoms. The first kappa shape index (κ1) is 29.5. The van der Waals surface area contributed by atoms with Crippen molar-refractivity contribution in [2.24, 2.45) is 5.92 Å². The Balaban J connectivity index is 1.56. The summed E-state index contributed by atoms with van der Waals surface area (Å²) in [6, 6.07) is 8.92. The maximum atomic E-state index is 4.65. The lowest BCUT2D eigenvalue weighted by Gasteiger charge is -2.06. The Kier molecular flexibility index (Phi) is 16.4. The predicted octanol–water partition coefficient (Wildman–Crippen LogP) is 10.5. The number of aromatic nitrogens is 2. The maximum absolute atomic E-state index is 4.65. The Labute approximate surface area is 217 Å². The summed E-state index contributed by atoms with van der Waals surface area (Å²) in [5.41, 5.74) is 3.84. The van der Waals surface area contributed by atoms with E-state index in [-0.39, 0.29) is 0 Å². The van der Waals surface area contributed by atoms with Crippen LogP contribution in [0, 0.1) is 5.92 Å². The monoisotopic (exact) mass is 478 g/mol. The van der Waals surface area contributed by atoms with Crippen LogP contribution in [0.1, 0.15) is 141 Å². The van der Waals surface area contributed by atoms with Crippen molar-refractivity contribution in [2.45, 2.75) is 143 Å². The first-order valence-corrected chi connectivity index (χ1v) is 15.1. The zero-order chi connectivity index (χ0) is 25.0. The van der Waals surface area contributed by atoms with E-state index >= 15 is 0 Å².